The van der Waals surface area contributed by atoms with Crippen LogP contribution in [0.3, 0.4) is 0 Å². The fourth-order valence-electron chi connectivity index (χ4n) is 2.73. The molecule has 1 fully saturated rings. The maximum absolute atomic E-state index is 12.4. The second kappa shape index (κ2) is 4.63. The molecule has 1 atom stereocenters. The van der Waals surface area contributed by atoms with Gasteiger partial charge in [0.25, 0.3) is 0 Å². The van der Waals surface area contributed by atoms with Gasteiger partial charge in [0, 0.05) is 18.7 Å². The molecule has 1 saturated heterocycles. The molecule has 0 aliphatic carbocycles. The number of amides is 2. The number of hydrogen-bond donors (Lipinski definition) is 2. The van der Waals surface area contributed by atoms with Gasteiger partial charge in [0.15, 0.2) is 0 Å². The number of benzene rings is 1. The largest absolute Gasteiger partial charge is 0.478 e. The van der Waals surface area contributed by atoms with E-state index >= 15 is 0 Å². The lowest BCUT2D eigenvalue weighted by atomic mass is 10.1. The first-order valence-electron chi connectivity index (χ1n) is 6.53. The number of anilines is 1. The second-order valence-electron chi connectivity index (χ2n) is 5.05. The molecule has 2 amide bonds. The molecule has 0 radical (unpaired) electrons. The highest BCUT2D eigenvalue weighted by molar-refractivity contribution is 6.03. The first kappa shape index (κ1) is 12.7. The van der Waals surface area contributed by atoms with Gasteiger partial charge in [0.1, 0.15) is 6.04 Å². The van der Waals surface area contributed by atoms with E-state index in [9.17, 15) is 14.4 Å². The van der Waals surface area contributed by atoms with Crippen molar-refractivity contribution in [1.29, 1.82) is 0 Å². The van der Waals surface area contributed by atoms with Crippen LogP contribution >= 0.6 is 0 Å². The van der Waals surface area contributed by atoms with Gasteiger partial charge in [0.2, 0.25) is 11.8 Å². The Kier molecular flexibility index (Phi) is 2.93. The molecular weight excluding hydrogens is 260 g/mol. The van der Waals surface area contributed by atoms with Crippen LogP contribution in [0.5, 0.6) is 0 Å². The minimum Gasteiger partial charge on any atom is -0.478 e. The van der Waals surface area contributed by atoms with Crippen molar-refractivity contribution in [2.24, 2.45) is 0 Å². The lowest BCUT2D eigenvalue weighted by Crippen LogP contribution is -2.43. The summed E-state index contributed by atoms with van der Waals surface area (Å²) in [6, 6.07) is 4.34. The van der Waals surface area contributed by atoms with E-state index in [0.29, 0.717) is 31.5 Å². The van der Waals surface area contributed by atoms with E-state index in [4.69, 9.17) is 5.11 Å². The van der Waals surface area contributed by atoms with Gasteiger partial charge in [-0.15, -0.1) is 0 Å². The third-order valence-electron chi connectivity index (χ3n) is 3.79. The van der Waals surface area contributed by atoms with Crippen LogP contribution < -0.4 is 10.2 Å². The third-order valence-corrected chi connectivity index (χ3v) is 3.79. The van der Waals surface area contributed by atoms with Crippen molar-refractivity contribution >= 4 is 23.5 Å². The molecule has 0 bridgehead atoms. The van der Waals surface area contributed by atoms with Crippen LogP contribution in [0.2, 0.25) is 0 Å². The molecule has 20 heavy (non-hydrogen) atoms. The van der Waals surface area contributed by atoms with Crippen molar-refractivity contribution in [1.82, 2.24) is 5.32 Å². The van der Waals surface area contributed by atoms with Gasteiger partial charge in [-0.05, 0) is 30.5 Å². The third kappa shape index (κ3) is 2.03. The molecule has 1 unspecified atom stereocenters. The zero-order chi connectivity index (χ0) is 14.3. The van der Waals surface area contributed by atoms with Crippen LogP contribution in [0.25, 0.3) is 0 Å². The smallest absolute Gasteiger partial charge is 0.335 e. The minimum absolute atomic E-state index is 0.109. The van der Waals surface area contributed by atoms with Gasteiger partial charge in [-0.25, -0.2) is 4.79 Å². The number of carbonyl (C=O) groups excluding carboxylic acids is 2. The van der Waals surface area contributed by atoms with Gasteiger partial charge >= 0.3 is 5.97 Å². The molecule has 1 aromatic rings. The summed E-state index contributed by atoms with van der Waals surface area (Å²) in [5.74, 6) is -1.28. The average molecular weight is 274 g/mol. The van der Waals surface area contributed by atoms with E-state index in [-0.39, 0.29) is 17.4 Å². The molecule has 104 valence electrons. The van der Waals surface area contributed by atoms with Crippen molar-refractivity contribution < 1.29 is 19.5 Å². The van der Waals surface area contributed by atoms with Gasteiger partial charge in [-0.1, -0.05) is 6.07 Å². The predicted molar refractivity (Wildman–Crippen MR) is 70.6 cm³/mol. The molecule has 1 aromatic carbocycles. The topological polar surface area (TPSA) is 86.7 Å². The summed E-state index contributed by atoms with van der Waals surface area (Å²) in [5.41, 5.74) is 1.78. The Morgan fingerprint density at radius 1 is 1.30 bits per heavy atom. The quantitative estimate of drug-likeness (QED) is 0.824. The number of carboxylic acid groups (broad SMARTS) is 1. The Labute approximate surface area is 115 Å². The number of carbonyl (C=O) groups is 3. The normalized spacial score (nSPS) is 20.7. The first-order chi connectivity index (χ1) is 9.56. The molecule has 2 aliphatic rings. The summed E-state index contributed by atoms with van der Waals surface area (Å²) < 4.78 is 0. The molecule has 2 aliphatic heterocycles. The Morgan fingerprint density at radius 3 is 2.75 bits per heavy atom. The predicted octanol–water partition coefficient (Wildman–Crippen LogP) is 0.552. The second-order valence-corrected chi connectivity index (χ2v) is 5.05. The molecule has 6 nitrogen and oxygen atoms in total. The summed E-state index contributed by atoms with van der Waals surface area (Å²) in [4.78, 5) is 36.2. The van der Waals surface area contributed by atoms with Crippen molar-refractivity contribution in [2.75, 3.05) is 11.4 Å². The lowest BCUT2D eigenvalue weighted by Gasteiger charge is -2.21. The van der Waals surface area contributed by atoms with E-state index < -0.39 is 12.0 Å². The van der Waals surface area contributed by atoms with Crippen LogP contribution in [0.4, 0.5) is 5.69 Å². The molecular formula is C14H14N2O4. The minimum atomic E-state index is -1.01. The van der Waals surface area contributed by atoms with Gasteiger partial charge in [-0.3, -0.25) is 9.59 Å². The Balaban J connectivity index is 1.88. The van der Waals surface area contributed by atoms with Gasteiger partial charge in [0.05, 0.1) is 5.56 Å². The standard InChI is InChI=1S/C14H14N2O4/c17-12-4-3-10(15-12)13(18)16-6-5-8-1-2-9(14(19)20)7-11(8)16/h1-2,7,10H,3-6H2,(H,15,17)(H,19,20). The number of nitrogens with zero attached hydrogens (tertiary/aromatic N) is 1. The molecule has 0 saturated carbocycles. The van der Waals surface area contributed by atoms with Gasteiger partial charge < -0.3 is 15.3 Å². The van der Waals surface area contributed by atoms with Crippen LogP contribution in [0.15, 0.2) is 18.2 Å². The summed E-state index contributed by atoms with van der Waals surface area (Å²) >= 11 is 0. The van der Waals surface area contributed by atoms with E-state index in [1.807, 2.05) is 0 Å². The van der Waals surface area contributed by atoms with Crippen molar-refractivity contribution in [3.05, 3.63) is 29.3 Å². The number of carboxylic acids is 1. The van der Waals surface area contributed by atoms with Crippen molar-refractivity contribution in [2.45, 2.75) is 25.3 Å². The number of aromatic carboxylic acids is 1. The molecule has 2 N–H and O–H groups in total. The van der Waals surface area contributed by atoms with Gasteiger partial charge in [-0.2, -0.15) is 0 Å². The summed E-state index contributed by atoms with van der Waals surface area (Å²) in [6.07, 6.45) is 1.58. The van der Waals surface area contributed by atoms with E-state index in [0.717, 1.165) is 5.56 Å². The number of nitrogens with one attached hydrogen (secondary N) is 1. The lowest BCUT2D eigenvalue weighted by molar-refractivity contribution is -0.124. The molecule has 0 aromatic heterocycles. The fourth-order valence-corrected chi connectivity index (χ4v) is 2.73. The molecule has 2 heterocycles. The molecule has 0 spiro atoms. The fraction of sp³-hybridized carbons (Fsp3) is 0.357. The van der Waals surface area contributed by atoms with Crippen molar-refractivity contribution in [3.63, 3.8) is 0 Å². The van der Waals surface area contributed by atoms with Crippen molar-refractivity contribution in [3.8, 4) is 0 Å². The summed E-state index contributed by atoms with van der Waals surface area (Å²) in [5, 5.41) is 11.7. The molecule has 6 heteroatoms. The Hall–Kier alpha value is -2.37. The highest BCUT2D eigenvalue weighted by Gasteiger charge is 2.34. The van der Waals surface area contributed by atoms with Crippen LogP contribution in [0, 0.1) is 0 Å². The zero-order valence-corrected chi connectivity index (χ0v) is 10.8. The first-order valence-corrected chi connectivity index (χ1v) is 6.53. The van der Waals surface area contributed by atoms with Crippen LogP contribution in [-0.2, 0) is 16.0 Å². The number of fused-ring (bicyclic) bond motifs is 1. The van der Waals surface area contributed by atoms with E-state index in [2.05, 4.69) is 5.32 Å². The van der Waals surface area contributed by atoms with E-state index in [1.165, 1.54) is 6.07 Å². The highest BCUT2D eigenvalue weighted by Crippen LogP contribution is 2.30. The maximum atomic E-state index is 12.4. The molecule has 3 rings (SSSR count). The Morgan fingerprint density at radius 2 is 2.10 bits per heavy atom. The SMILES string of the molecule is O=C1CCC(C(=O)N2CCc3ccc(C(=O)O)cc32)N1. The zero-order valence-electron chi connectivity index (χ0n) is 10.8. The maximum Gasteiger partial charge on any atom is 0.335 e. The highest BCUT2D eigenvalue weighted by atomic mass is 16.4. The monoisotopic (exact) mass is 274 g/mol. The summed E-state index contributed by atoms with van der Waals surface area (Å²) in [7, 11) is 0. The average Bonchev–Trinajstić information content (AvgIpc) is 3.03. The summed E-state index contributed by atoms with van der Waals surface area (Å²) in [6.45, 7) is 0.531. The number of hydrogen-bond acceptors (Lipinski definition) is 3. The van der Waals surface area contributed by atoms with E-state index in [1.54, 1.807) is 17.0 Å². The Bertz CT molecular complexity index is 611. The van der Waals surface area contributed by atoms with Crippen LogP contribution in [-0.4, -0.2) is 35.5 Å². The van der Waals surface area contributed by atoms with Crippen LogP contribution in [0.1, 0.15) is 28.8 Å². The number of rotatable bonds is 2.